The summed E-state index contributed by atoms with van der Waals surface area (Å²) >= 11 is 0. The Morgan fingerprint density at radius 1 is 1.04 bits per heavy atom. The first-order valence-corrected chi connectivity index (χ1v) is 7.73. The van der Waals surface area contributed by atoms with Crippen LogP contribution in [0.25, 0.3) is 0 Å². The highest BCUT2D eigenvalue weighted by molar-refractivity contribution is 5.32. The molecular formula is C19H23N3O. The number of nitrogens with one attached hydrogen (secondary N) is 1. The smallest absolute Gasteiger partial charge is 0.119 e. The molecule has 0 radical (unpaired) electrons. The molecule has 0 saturated carbocycles. The van der Waals surface area contributed by atoms with Crippen molar-refractivity contribution in [3.05, 3.63) is 65.2 Å². The van der Waals surface area contributed by atoms with Gasteiger partial charge in [0.15, 0.2) is 0 Å². The van der Waals surface area contributed by atoms with Crippen molar-refractivity contribution in [2.75, 3.05) is 27.2 Å². The van der Waals surface area contributed by atoms with Crippen molar-refractivity contribution in [3.8, 4) is 11.8 Å². The molecule has 0 aliphatic carbocycles. The van der Waals surface area contributed by atoms with Crippen LogP contribution in [-0.4, -0.2) is 32.1 Å². The molecular weight excluding hydrogens is 286 g/mol. The maximum absolute atomic E-state index is 8.79. The summed E-state index contributed by atoms with van der Waals surface area (Å²) in [6.07, 6.45) is 0. The molecule has 0 saturated heterocycles. The molecule has 1 N–H and O–H groups in total. The van der Waals surface area contributed by atoms with Crippen molar-refractivity contribution in [2.45, 2.75) is 13.1 Å². The monoisotopic (exact) mass is 309 g/mol. The van der Waals surface area contributed by atoms with Gasteiger partial charge in [0.05, 0.1) is 11.6 Å². The Morgan fingerprint density at radius 2 is 1.78 bits per heavy atom. The summed E-state index contributed by atoms with van der Waals surface area (Å²) in [7, 11) is 4.07. The zero-order valence-corrected chi connectivity index (χ0v) is 13.7. The van der Waals surface area contributed by atoms with Crippen LogP contribution in [0.2, 0.25) is 0 Å². The lowest BCUT2D eigenvalue weighted by molar-refractivity contribution is 0.261. The van der Waals surface area contributed by atoms with E-state index in [-0.39, 0.29) is 0 Å². The van der Waals surface area contributed by atoms with E-state index >= 15 is 0 Å². The standard InChI is InChI=1S/C19H23N3O/c1-22(2)10-11-23-19-5-3-4-18(12-19)15-21-14-17-8-6-16(13-20)7-9-17/h3-9,12,21H,10-11,14-15H2,1-2H3. The summed E-state index contributed by atoms with van der Waals surface area (Å²) in [5.74, 6) is 0.907. The molecule has 0 fully saturated rings. The van der Waals surface area contributed by atoms with Gasteiger partial charge in [0.25, 0.3) is 0 Å². The molecule has 0 amide bonds. The van der Waals surface area contributed by atoms with Gasteiger partial charge in [-0.3, -0.25) is 0 Å². The fraction of sp³-hybridized carbons (Fsp3) is 0.316. The summed E-state index contributed by atoms with van der Waals surface area (Å²) in [5, 5.41) is 12.2. The molecule has 0 spiro atoms. The molecule has 2 rings (SSSR count). The molecule has 4 heteroatoms. The van der Waals surface area contributed by atoms with Crippen LogP contribution in [0, 0.1) is 11.3 Å². The summed E-state index contributed by atoms with van der Waals surface area (Å²) in [5.41, 5.74) is 3.06. The highest BCUT2D eigenvalue weighted by atomic mass is 16.5. The number of nitrogens with zero attached hydrogens (tertiary/aromatic N) is 2. The second kappa shape index (κ2) is 8.94. The Bertz CT molecular complexity index is 644. The van der Waals surface area contributed by atoms with Crippen molar-refractivity contribution in [1.82, 2.24) is 10.2 Å². The Balaban J connectivity index is 1.79. The number of ether oxygens (including phenoxy) is 1. The lowest BCUT2D eigenvalue weighted by Gasteiger charge is -2.12. The van der Waals surface area contributed by atoms with Gasteiger partial charge in [-0.2, -0.15) is 5.26 Å². The normalized spacial score (nSPS) is 10.5. The second-order valence-corrected chi connectivity index (χ2v) is 5.71. The zero-order valence-electron chi connectivity index (χ0n) is 13.7. The molecule has 2 aromatic rings. The zero-order chi connectivity index (χ0) is 16.5. The van der Waals surface area contributed by atoms with E-state index in [0.717, 1.165) is 25.4 Å². The first-order valence-electron chi connectivity index (χ1n) is 7.73. The van der Waals surface area contributed by atoms with Crippen LogP contribution < -0.4 is 10.1 Å². The molecule has 0 aliphatic rings. The van der Waals surface area contributed by atoms with E-state index in [1.807, 2.05) is 50.5 Å². The predicted octanol–water partition coefficient (Wildman–Crippen LogP) is 2.79. The molecule has 4 nitrogen and oxygen atoms in total. The number of benzene rings is 2. The van der Waals surface area contributed by atoms with Crippen LogP contribution in [0.1, 0.15) is 16.7 Å². The molecule has 0 atom stereocenters. The first-order chi connectivity index (χ1) is 11.2. The number of nitriles is 1. The molecule has 0 aromatic heterocycles. The molecule has 23 heavy (non-hydrogen) atoms. The largest absolute Gasteiger partial charge is 0.492 e. The van der Waals surface area contributed by atoms with Crippen molar-refractivity contribution < 1.29 is 4.74 Å². The van der Waals surface area contributed by atoms with Crippen LogP contribution >= 0.6 is 0 Å². The SMILES string of the molecule is CN(C)CCOc1cccc(CNCc2ccc(C#N)cc2)c1. The molecule has 0 bridgehead atoms. The van der Waals surface area contributed by atoms with Gasteiger partial charge in [-0.1, -0.05) is 24.3 Å². The van der Waals surface area contributed by atoms with Crippen LogP contribution in [0.15, 0.2) is 48.5 Å². The van der Waals surface area contributed by atoms with Crippen molar-refractivity contribution in [3.63, 3.8) is 0 Å². The van der Waals surface area contributed by atoms with Gasteiger partial charge in [-0.25, -0.2) is 0 Å². The average Bonchev–Trinajstić information content (AvgIpc) is 2.56. The minimum Gasteiger partial charge on any atom is -0.492 e. The van der Waals surface area contributed by atoms with Gasteiger partial charge in [0.1, 0.15) is 12.4 Å². The average molecular weight is 309 g/mol. The Kier molecular flexibility index (Phi) is 6.61. The maximum atomic E-state index is 8.79. The van der Waals surface area contributed by atoms with Crippen molar-refractivity contribution >= 4 is 0 Å². The third-order valence-electron chi connectivity index (χ3n) is 3.45. The van der Waals surface area contributed by atoms with E-state index in [1.54, 1.807) is 0 Å². The highest BCUT2D eigenvalue weighted by Gasteiger charge is 1.99. The van der Waals surface area contributed by atoms with E-state index in [4.69, 9.17) is 10.00 Å². The maximum Gasteiger partial charge on any atom is 0.119 e. The molecule has 0 heterocycles. The number of rotatable bonds is 8. The summed E-state index contributed by atoms with van der Waals surface area (Å²) in [6, 6.07) is 17.9. The fourth-order valence-corrected chi connectivity index (χ4v) is 2.14. The summed E-state index contributed by atoms with van der Waals surface area (Å²) in [6.45, 7) is 3.15. The van der Waals surface area contributed by atoms with E-state index < -0.39 is 0 Å². The second-order valence-electron chi connectivity index (χ2n) is 5.71. The van der Waals surface area contributed by atoms with Gasteiger partial charge in [0, 0.05) is 19.6 Å². The van der Waals surface area contributed by atoms with E-state index in [1.165, 1.54) is 11.1 Å². The van der Waals surface area contributed by atoms with Crippen LogP contribution in [0.3, 0.4) is 0 Å². The van der Waals surface area contributed by atoms with E-state index in [0.29, 0.717) is 12.2 Å². The summed E-state index contributed by atoms with van der Waals surface area (Å²) in [4.78, 5) is 2.10. The van der Waals surface area contributed by atoms with Crippen LogP contribution in [-0.2, 0) is 13.1 Å². The first kappa shape index (κ1) is 17.0. The minimum atomic E-state index is 0.690. The highest BCUT2D eigenvalue weighted by Crippen LogP contribution is 2.13. The summed E-state index contributed by atoms with van der Waals surface area (Å²) < 4.78 is 5.75. The minimum absolute atomic E-state index is 0.690. The van der Waals surface area contributed by atoms with Gasteiger partial charge < -0.3 is 15.0 Å². The van der Waals surface area contributed by atoms with Crippen LogP contribution in [0.4, 0.5) is 0 Å². The predicted molar refractivity (Wildman–Crippen MR) is 92.2 cm³/mol. The third kappa shape index (κ3) is 6.11. The lowest BCUT2D eigenvalue weighted by Crippen LogP contribution is -2.19. The molecule has 2 aromatic carbocycles. The molecule has 120 valence electrons. The van der Waals surface area contributed by atoms with Crippen molar-refractivity contribution in [1.29, 1.82) is 5.26 Å². The Labute approximate surface area is 138 Å². The van der Waals surface area contributed by atoms with Crippen molar-refractivity contribution in [2.24, 2.45) is 0 Å². The van der Waals surface area contributed by atoms with Gasteiger partial charge in [0.2, 0.25) is 0 Å². The van der Waals surface area contributed by atoms with Gasteiger partial charge >= 0.3 is 0 Å². The molecule has 0 unspecified atom stereocenters. The number of hydrogen-bond donors (Lipinski definition) is 1. The third-order valence-corrected chi connectivity index (χ3v) is 3.45. The Hall–Kier alpha value is -2.35. The molecule has 0 aliphatic heterocycles. The fourth-order valence-electron chi connectivity index (χ4n) is 2.14. The Morgan fingerprint density at radius 3 is 2.48 bits per heavy atom. The van der Waals surface area contributed by atoms with Gasteiger partial charge in [-0.05, 0) is 49.5 Å². The number of hydrogen-bond acceptors (Lipinski definition) is 4. The van der Waals surface area contributed by atoms with Crippen LogP contribution in [0.5, 0.6) is 5.75 Å². The lowest BCUT2D eigenvalue weighted by atomic mass is 10.1. The van der Waals surface area contributed by atoms with E-state index in [9.17, 15) is 0 Å². The van der Waals surface area contributed by atoms with E-state index in [2.05, 4.69) is 28.4 Å². The number of likely N-dealkylation sites (N-methyl/N-ethyl adjacent to an activating group) is 1. The topological polar surface area (TPSA) is 48.3 Å². The van der Waals surface area contributed by atoms with Gasteiger partial charge in [-0.15, -0.1) is 0 Å². The quantitative estimate of drug-likeness (QED) is 0.814.